The minimum atomic E-state index is -0.602. The van der Waals surface area contributed by atoms with E-state index in [2.05, 4.69) is 44.6 Å². The summed E-state index contributed by atoms with van der Waals surface area (Å²) in [7, 11) is 0. The van der Waals surface area contributed by atoms with Crippen LogP contribution in [-0.4, -0.2) is 46.4 Å². The summed E-state index contributed by atoms with van der Waals surface area (Å²) in [6.07, 6.45) is 23.1. The van der Waals surface area contributed by atoms with Crippen molar-refractivity contribution in [3.8, 4) is 55.8 Å². The average Bonchev–Trinajstić information content (AvgIpc) is 1.64. The van der Waals surface area contributed by atoms with Crippen molar-refractivity contribution in [3.63, 3.8) is 0 Å². The predicted octanol–water partition coefficient (Wildman–Crippen LogP) is 19.7. The Morgan fingerprint density at radius 3 is 1.36 bits per heavy atom. The van der Waals surface area contributed by atoms with Gasteiger partial charge >= 0.3 is 0 Å². The van der Waals surface area contributed by atoms with Crippen LogP contribution in [0.3, 0.4) is 0 Å². The third-order valence-corrected chi connectivity index (χ3v) is 18.9. The van der Waals surface area contributed by atoms with Gasteiger partial charge in [-0.25, -0.2) is 41.3 Å². The highest BCUT2D eigenvalue weighted by atomic mass is 32.1. The van der Waals surface area contributed by atoms with E-state index in [1.54, 1.807) is 103 Å². The zero-order valence-electron chi connectivity index (χ0n) is 52.0. The first-order valence-corrected chi connectivity index (χ1v) is 32.9. The molecule has 5 aromatic heterocycles. The van der Waals surface area contributed by atoms with E-state index in [9.17, 15) is 40.7 Å². The maximum Gasteiger partial charge on any atom is 0.265 e. The fourth-order valence-electron chi connectivity index (χ4n) is 13.0. The number of hydrogen-bond donors (Lipinski definition) is 3. The molecule has 20 heteroatoms. The summed E-state index contributed by atoms with van der Waals surface area (Å²) >= 11 is 1.34. The molecule has 3 saturated carbocycles. The summed E-state index contributed by atoms with van der Waals surface area (Å²) in [5.41, 5.74) is 9.12. The zero-order chi connectivity index (χ0) is 66.2. The first-order valence-electron chi connectivity index (χ1n) is 32.1. The van der Waals surface area contributed by atoms with Gasteiger partial charge in [0.15, 0.2) is 5.76 Å². The second-order valence-corrected chi connectivity index (χ2v) is 25.2. The minimum Gasteiger partial charge on any atom is -0.439 e. The van der Waals surface area contributed by atoms with Gasteiger partial charge in [0.1, 0.15) is 40.6 Å². The summed E-state index contributed by atoms with van der Waals surface area (Å²) in [6, 6.07) is 44.8. The first kappa shape index (κ1) is 64.1. The number of thiophene rings is 1. The highest BCUT2D eigenvalue weighted by Gasteiger charge is 2.30. The van der Waals surface area contributed by atoms with Gasteiger partial charge in [-0.1, -0.05) is 87.1 Å². The Morgan fingerprint density at radius 2 is 0.865 bits per heavy atom. The predicted molar refractivity (Wildman–Crippen MR) is 361 cm³/mol. The molecule has 15 rings (SSSR count). The SMILES string of the molecule is O=C(Nc1ccc(-c2c(-c3ccc(F)cc3)ncn2C2CCCC2)o1)c1ccccc1F.O=C(Nc1ccccc1F)C1=CC=C(c2c(-c3ccc(F)cc3)ncn2C2CCCC2)C1.O=C(Nc1ccccc1F)c1ccc(-c2c(-c3ccc(F)cc3)ncn2C2CCCC2)s1. The molecule has 0 aliphatic heterocycles. The number of rotatable bonds is 15. The minimum absolute atomic E-state index is 0.0616. The smallest absolute Gasteiger partial charge is 0.265 e. The number of benzene rings is 6. The lowest BCUT2D eigenvalue weighted by Gasteiger charge is -2.18. The molecular formula is C76H65F6N9O4S. The molecule has 0 spiro atoms. The van der Waals surface area contributed by atoms with Crippen LogP contribution in [0.2, 0.25) is 0 Å². The number of hydrogen-bond acceptors (Lipinski definition) is 8. The van der Waals surface area contributed by atoms with Crippen LogP contribution < -0.4 is 16.0 Å². The summed E-state index contributed by atoms with van der Waals surface area (Å²) in [4.78, 5) is 53.3. The molecule has 3 amide bonds. The van der Waals surface area contributed by atoms with Crippen LogP contribution in [0.5, 0.6) is 0 Å². The van der Waals surface area contributed by atoms with Crippen molar-refractivity contribution in [1.29, 1.82) is 0 Å². The Morgan fingerprint density at radius 1 is 0.427 bits per heavy atom. The number of amides is 3. The summed E-state index contributed by atoms with van der Waals surface area (Å²) in [5, 5.41) is 7.91. The molecular weight excluding hydrogens is 1250 g/mol. The van der Waals surface area contributed by atoms with Gasteiger partial charge in [0, 0.05) is 52.9 Å². The van der Waals surface area contributed by atoms with E-state index in [0.29, 0.717) is 46.5 Å². The molecule has 486 valence electrons. The van der Waals surface area contributed by atoms with Crippen LogP contribution in [0.1, 0.15) is 127 Å². The highest BCUT2D eigenvalue weighted by molar-refractivity contribution is 7.17. The van der Waals surface area contributed by atoms with Crippen molar-refractivity contribution in [2.24, 2.45) is 0 Å². The lowest BCUT2D eigenvalue weighted by Crippen LogP contribution is -2.15. The molecule has 0 radical (unpaired) electrons. The van der Waals surface area contributed by atoms with Crippen LogP contribution in [0.25, 0.3) is 61.4 Å². The Labute approximate surface area is 553 Å². The van der Waals surface area contributed by atoms with Crippen molar-refractivity contribution in [3.05, 3.63) is 258 Å². The molecule has 4 aliphatic rings. The maximum atomic E-state index is 13.9. The number of carbonyl (C=O) groups excluding carboxylic acids is 3. The fraction of sp³-hybridized carbons (Fsp3) is 0.211. The normalized spacial score (nSPS) is 14.8. The standard InChI is InChI=1S/C26H23F2N3O.C25H21F2N3O2.C25H21F2N3OS/c27-20-13-11-17(12-14-20)24-25(31(16-29-24)21-5-1-2-6-21)18-9-10-19(15-18)26(32)30-23-8-4-3-7-22(23)28;26-17-11-9-16(10-12-17)23-24(30(15-28-23)18-5-1-2-6-18)21-13-14-22(32-21)29-25(31)19-7-3-4-8-20(19)27;26-17-11-9-16(10-12-17)23-24(30(15-28-23)18-5-1-2-6-18)21-13-14-22(32-21)25(31)29-20-8-4-3-7-19(20)27/h3-4,7-14,16,21H,1-2,5-6,15H2,(H,30,32);2*3-4,7-15,18H,1-2,5-6H2,(H,29,31). The van der Waals surface area contributed by atoms with E-state index >= 15 is 0 Å². The van der Waals surface area contributed by atoms with Crippen LogP contribution in [0, 0.1) is 34.9 Å². The van der Waals surface area contributed by atoms with Gasteiger partial charge in [0.25, 0.3) is 17.7 Å². The number of allylic oxidation sites excluding steroid dienone is 3. The van der Waals surface area contributed by atoms with Crippen molar-refractivity contribution in [2.75, 3.05) is 16.0 Å². The molecule has 4 aliphatic carbocycles. The molecule has 0 atom stereocenters. The molecule has 3 N–H and O–H groups in total. The number of nitrogens with one attached hydrogen (secondary N) is 3. The third kappa shape index (κ3) is 14.2. The fourth-order valence-corrected chi connectivity index (χ4v) is 14.0. The van der Waals surface area contributed by atoms with Gasteiger partial charge < -0.3 is 28.8 Å². The lowest BCUT2D eigenvalue weighted by atomic mass is 10.0. The van der Waals surface area contributed by atoms with Crippen LogP contribution in [0.4, 0.5) is 43.6 Å². The van der Waals surface area contributed by atoms with Gasteiger partial charge in [-0.15, -0.1) is 11.3 Å². The summed E-state index contributed by atoms with van der Waals surface area (Å²) in [6.45, 7) is 0. The van der Waals surface area contributed by atoms with Gasteiger partial charge in [0.2, 0.25) is 5.88 Å². The molecule has 6 aromatic carbocycles. The van der Waals surface area contributed by atoms with E-state index in [1.807, 2.05) is 24.8 Å². The number of carbonyl (C=O) groups is 3. The molecule has 13 nitrogen and oxygen atoms in total. The number of nitrogens with zero attached hydrogens (tertiary/aromatic N) is 6. The molecule has 0 saturated heterocycles. The first-order chi connectivity index (χ1) is 46.8. The van der Waals surface area contributed by atoms with Crippen LogP contribution >= 0.6 is 11.3 Å². The maximum absolute atomic E-state index is 13.9. The number of para-hydroxylation sites is 2. The van der Waals surface area contributed by atoms with E-state index in [4.69, 9.17) is 4.42 Å². The topological polar surface area (TPSA) is 154 Å². The number of anilines is 3. The van der Waals surface area contributed by atoms with Crippen molar-refractivity contribution in [1.82, 2.24) is 28.7 Å². The number of imidazole rings is 3. The summed E-state index contributed by atoms with van der Waals surface area (Å²) < 4.78 is 94.7. The monoisotopic (exact) mass is 1310 g/mol. The zero-order valence-corrected chi connectivity index (χ0v) is 52.8. The molecule has 0 unspecified atom stereocenters. The molecule has 11 aromatic rings. The summed E-state index contributed by atoms with van der Waals surface area (Å²) in [5.74, 6) is -2.99. The largest absolute Gasteiger partial charge is 0.439 e. The van der Waals surface area contributed by atoms with Gasteiger partial charge in [-0.05, 0) is 171 Å². The van der Waals surface area contributed by atoms with Crippen LogP contribution in [-0.2, 0) is 4.79 Å². The number of halogens is 6. The van der Waals surface area contributed by atoms with Gasteiger partial charge in [0.05, 0.1) is 74.1 Å². The van der Waals surface area contributed by atoms with Crippen LogP contribution in [0.15, 0.2) is 211 Å². The number of furan rings is 1. The highest BCUT2D eigenvalue weighted by Crippen LogP contribution is 2.44. The average molecular weight is 1310 g/mol. The second-order valence-electron chi connectivity index (χ2n) is 24.1. The van der Waals surface area contributed by atoms with E-state index in [-0.39, 0.29) is 52.1 Å². The van der Waals surface area contributed by atoms with E-state index in [0.717, 1.165) is 107 Å². The number of aromatic nitrogens is 6. The second kappa shape index (κ2) is 29.0. The quantitative estimate of drug-likeness (QED) is 0.0864. The molecule has 0 bridgehead atoms. The van der Waals surface area contributed by atoms with Crippen molar-refractivity contribution >= 4 is 51.9 Å². The Bertz CT molecular complexity index is 4660. The Hall–Kier alpha value is -10.6. The van der Waals surface area contributed by atoms with E-state index in [1.165, 1.54) is 110 Å². The Kier molecular flexibility index (Phi) is 19.3. The van der Waals surface area contributed by atoms with Gasteiger partial charge in [-0.2, -0.15) is 0 Å². The Balaban J connectivity index is 0.000000130. The molecule has 96 heavy (non-hydrogen) atoms. The molecule has 5 heterocycles. The van der Waals surface area contributed by atoms with Crippen molar-refractivity contribution in [2.45, 2.75) is 102 Å². The lowest BCUT2D eigenvalue weighted by molar-refractivity contribution is -0.112. The van der Waals surface area contributed by atoms with E-state index < -0.39 is 23.4 Å². The van der Waals surface area contributed by atoms with Gasteiger partial charge in [-0.3, -0.25) is 19.7 Å². The van der Waals surface area contributed by atoms with Crippen molar-refractivity contribution < 1.29 is 45.1 Å². The molecule has 3 fully saturated rings. The third-order valence-electron chi connectivity index (χ3n) is 17.9.